The first kappa shape index (κ1) is 13.2. The van der Waals surface area contributed by atoms with Crippen molar-refractivity contribution in [2.24, 2.45) is 0 Å². The SMILES string of the molecule is COc1ccc(COc2ccc(N)cc2C)c(F)c1. The molecule has 0 unspecified atom stereocenters. The Bertz CT molecular complexity index is 584. The molecule has 0 saturated carbocycles. The summed E-state index contributed by atoms with van der Waals surface area (Å²) in [5.74, 6) is 0.849. The van der Waals surface area contributed by atoms with Gasteiger partial charge in [0.25, 0.3) is 0 Å². The van der Waals surface area contributed by atoms with Gasteiger partial charge in [0.15, 0.2) is 0 Å². The summed E-state index contributed by atoms with van der Waals surface area (Å²) >= 11 is 0. The van der Waals surface area contributed by atoms with Gasteiger partial charge in [0.2, 0.25) is 0 Å². The molecule has 0 bridgehead atoms. The van der Waals surface area contributed by atoms with Gasteiger partial charge in [-0.15, -0.1) is 0 Å². The van der Waals surface area contributed by atoms with E-state index in [1.807, 2.05) is 13.0 Å². The van der Waals surface area contributed by atoms with Crippen molar-refractivity contribution in [1.82, 2.24) is 0 Å². The number of ether oxygens (including phenoxy) is 2. The van der Waals surface area contributed by atoms with E-state index in [2.05, 4.69) is 0 Å². The average Bonchev–Trinajstić information content (AvgIpc) is 2.39. The summed E-state index contributed by atoms with van der Waals surface area (Å²) in [7, 11) is 1.50. The van der Waals surface area contributed by atoms with Crippen molar-refractivity contribution in [2.45, 2.75) is 13.5 Å². The highest BCUT2D eigenvalue weighted by atomic mass is 19.1. The van der Waals surface area contributed by atoms with Gasteiger partial charge in [-0.1, -0.05) is 0 Å². The van der Waals surface area contributed by atoms with Crippen molar-refractivity contribution in [2.75, 3.05) is 12.8 Å². The van der Waals surface area contributed by atoms with Crippen molar-refractivity contribution in [1.29, 1.82) is 0 Å². The predicted molar refractivity (Wildman–Crippen MR) is 72.9 cm³/mol. The first-order valence-electron chi connectivity index (χ1n) is 5.91. The molecule has 4 heteroatoms. The Morgan fingerprint density at radius 1 is 1.16 bits per heavy atom. The van der Waals surface area contributed by atoms with Crippen LogP contribution in [0.4, 0.5) is 10.1 Å². The van der Waals surface area contributed by atoms with E-state index in [0.717, 1.165) is 5.56 Å². The van der Waals surface area contributed by atoms with Gasteiger partial charge in [-0.05, 0) is 42.8 Å². The standard InChI is InChI=1S/C15H16FNO2/c1-10-7-12(17)4-6-15(10)19-9-11-3-5-13(18-2)8-14(11)16/h3-8H,9,17H2,1-2H3. The molecular formula is C15H16FNO2. The van der Waals surface area contributed by atoms with E-state index in [1.165, 1.54) is 13.2 Å². The van der Waals surface area contributed by atoms with Crippen LogP contribution in [0.1, 0.15) is 11.1 Å². The third kappa shape index (κ3) is 3.16. The molecule has 2 N–H and O–H groups in total. The van der Waals surface area contributed by atoms with Crippen LogP contribution in [0.3, 0.4) is 0 Å². The van der Waals surface area contributed by atoms with Crippen molar-refractivity contribution >= 4 is 5.69 Å². The molecule has 19 heavy (non-hydrogen) atoms. The van der Waals surface area contributed by atoms with Gasteiger partial charge in [0, 0.05) is 17.3 Å². The largest absolute Gasteiger partial charge is 0.497 e. The van der Waals surface area contributed by atoms with Crippen LogP contribution in [0.25, 0.3) is 0 Å². The molecule has 0 saturated heterocycles. The summed E-state index contributed by atoms with van der Waals surface area (Å²) in [6.07, 6.45) is 0. The van der Waals surface area contributed by atoms with Crippen molar-refractivity contribution < 1.29 is 13.9 Å². The zero-order valence-electron chi connectivity index (χ0n) is 10.9. The summed E-state index contributed by atoms with van der Waals surface area (Å²) in [6, 6.07) is 10.1. The molecule has 2 aromatic rings. The van der Waals surface area contributed by atoms with Crippen LogP contribution < -0.4 is 15.2 Å². The monoisotopic (exact) mass is 261 g/mol. The fourth-order valence-corrected chi connectivity index (χ4v) is 1.76. The van der Waals surface area contributed by atoms with Gasteiger partial charge in [-0.2, -0.15) is 0 Å². The van der Waals surface area contributed by atoms with Gasteiger partial charge in [0.05, 0.1) is 7.11 Å². The first-order chi connectivity index (χ1) is 9.10. The van der Waals surface area contributed by atoms with Crippen LogP contribution in [0.2, 0.25) is 0 Å². The number of rotatable bonds is 4. The summed E-state index contributed by atoms with van der Waals surface area (Å²) in [6.45, 7) is 2.07. The van der Waals surface area contributed by atoms with E-state index < -0.39 is 0 Å². The Morgan fingerprint density at radius 3 is 2.58 bits per heavy atom. The molecule has 0 aliphatic heterocycles. The Kier molecular flexibility index (Phi) is 3.90. The molecule has 0 aliphatic rings. The van der Waals surface area contributed by atoms with Crippen molar-refractivity contribution in [3.63, 3.8) is 0 Å². The molecule has 3 nitrogen and oxygen atoms in total. The molecular weight excluding hydrogens is 245 g/mol. The Balaban J connectivity index is 2.10. The second kappa shape index (κ2) is 5.61. The number of anilines is 1. The molecule has 2 aromatic carbocycles. The lowest BCUT2D eigenvalue weighted by molar-refractivity contribution is 0.297. The van der Waals surface area contributed by atoms with Gasteiger partial charge in [-0.25, -0.2) is 4.39 Å². The molecule has 0 aromatic heterocycles. The van der Waals surface area contributed by atoms with Crippen molar-refractivity contribution in [3.05, 3.63) is 53.3 Å². The molecule has 0 spiro atoms. The minimum absolute atomic E-state index is 0.167. The minimum Gasteiger partial charge on any atom is -0.497 e. The zero-order chi connectivity index (χ0) is 13.8. The highest BCUT2D eigenvalue weighted by Gasteiger charge is 2.06. The predicted octanol–water partition coefficient (Wildman–Crippen LogP) is 3.30. The number of benzene rings is 2. The highest BCUT2D eigenvalue weighted by Crippen LogP contribution is 2.23. The number of methoxy groups -OCH3 is 1. The lowest BCUT2D eigenvalue weighted by atomic mass is 10.2. The maximum absolute atomic E-state index is 13.7. The van der Waals surface area contributed by atoms with Crippen LogP contribution >= 0.6 is 0 Å². The van der Waals surface area contributed by atoms with E-state index in [1.54, 1.807) is 24.3 Å². The normalized spacial score (nSPS) is 10.3. The zero-order valence-corrected chi connectivity index (χ0v) is 10.9. The van der Waals surface area contributed by atoms with Crippen LogP contribution in [0.15, 0.2) is 36.4 Å². The highest BCUT2D eigenvalue weighted by molar-refractivity contribution is 5.47. The molecule has 0 amide bonds. The fraction of sp³-hybridized carbons (Fsp3) is 0.200. The molecule has 0 aliphatic carbocycles. The molecule has 0 heterocycles. The summed E-state index contributed by atoms with van der Waals surface area (Å²) in [5, 5.41) is 0. The molecule has 0 fully saturated rings. The number of hydrogen-bond donors (Lipinski definition) is 1. The number of halogens is 1. The van der Waals surface area contributed by atoms with Crippen LogP contribution in [0, 0.1) is 12.7 Å². The maximum atomic E-state index is 13.7. The summed E-state index contributed by atoms with van der Waals surface area (Å²) in [4.78, 5) is 0. The first-order valence-corrected chi connectivity index (χ1v) is 5.91. The third-order valence-electron chi connectivity index (χ3n) is 2.84. The van der Waals surface area contributed by atoms with Crippen LogP contribution in [-0.4, -0.2) is 7.11 Å². The Labute approximate surface area is 111 Å². The lowest BCUT2D eigenvalue weighted by Gasteiger charge is -2.11. The number of hydrogen-bond acceptors (Lipinski definition) is 3. The van der Waals surface area contributed by atoms with E-state index >= 15 is 0 Å². The average molecular weight is 261 g/mol. The fourth-order valence-electron chi connectivity index (χ4n) is 1.76. The minimum atomic E-state index is -0.340. The second-order valence-corrected chi connectivity index (χ2v) is 4.27. The number of aryl methyl sites for hydroxylation is 1. The molecule has 0 atom stereocenters. The topological polar surface area (TPSA) is 44.5 Å². The second-order valence-electron chi connectivity index (χ2n) is 4.27. The molecule has 0 radical (unpaired) electrons. The van der Waals surface area contributed by atoms with E-state index in [4.69, 9.17) is 15.2 Å². The molecule has 100 valence electrons. The summed E-state index contributed by atoms with van der Waals surface area (Å²) in [5.41, 5.74) is 7.75. The Hall–Kier alpha value is -2.23. The third-order valence-corrected chi connectivity index (χ3v) is 2.84. The van der Waals surface area contributed by atoms with Gasteiger partial charge in [0.1, 0.15) is 23.9 Å². The van der Waals surface area contributed by atoms with Crippen LogP contribution in [-0.2, 0) is 6.61 Å². The molecule has 2 rings (SSSR count). The maximum Gasteiger partial charge on any atom is 0.133 e. The van der Waals surface area contributed by atoms with E-state index in [-0.39, 0.29) is 12.4 Å². The van der Waals surface area contributed by atoms with Gasteiger partial charge in [-0.3, -0.25) is 0 Å². The van der Waals surface area contributed by atoms with Gasteiger partial charge >= 0.3 is 0 Å². The quantitative estimate of drug-likeness (QED) is 0.859. The lowest BCUT2D eigenvalue weighted by Crippen LogP contribution is -2.00. The van der Waals surface area contributed by atoms with Gasteiger partial charge < -0.3 is 15.2 Å². The smallest absolute Gasteiger partial charge is 0.133 e. The summed E-state index contributed by atoms with van der Waals surface area (Å²) < 4.78 is 24.3. The number of nitrogen functional groups attached to an aromatic ring is 1. The van der Waals surface area contributed by atoms with Crippen molar-refractivity contribution in [3.8, 4) is 11.5 Å². The van der Waals surface area contributed by atoms with E-state index in [0.29, 0.717) is 22.7 Å². The van der Waals surface area contributed by atoms with E-state index in [9.17, 15) is 4.39 Å². The Morgan fingerprint density at radius 2 is 1.95 bits per heavy atom. The number of nitrogens with two attached hydrogens (primary N) is 1. The van der Waals surface area contributed by atoms with Crippen LogP contribution in [0.5, 0.6) is 11.5 Å².